The molecule has 2 fully saturated rings. The van der Waals surface area contributed by atoms with Gasteiger partial charge >= 0.3 is 5.97 Å². The summed E-state index contributed by atoms with van der Waals surface area (Å²) in [5, 5.41) is 2.93. The normalized spacial score (nSPS) is 23.3. The van der Waals surface area contributed by atoms with Crippen LogP contribution in [0.3, 0.4) is 0 Å². The molecule has 1 aliphatic carbocycles. The van der Waals surface area contributed by atoms with Crippen LogP contribution in [0.2, 0.25) is 0 Å². The van der Waals surface area contributed by atoms with Crippen molar-refractivity contribution in [3.8, 4) is 0 Å². The van der Waals surface area contributed by atoms with Crippen molar-refractivity contribution < 1.29 is 22.7 Å². The molecule has 1 N–H and O–H groups in total. The average Bonchev–Trinajstić information content (AvgIpc) is 2.74. The van der Waals surface area contributed by atoms with Crippen molar-refractivity contribution in [2.75, 3.05) is 19.7 Å². The Kier molecular flexibility index (Phi) is 7.29. The molecule has 3 rings (SSSR count). The summed E-state index contributed by atoms with van der Waals surface area (Å²) in [4.78, 5) is 24.7. The van der Waals surface area contributed by atoms with Gasteiger partial charge in [-0.25, -0.2) is 13.2 Å². The van der Waals surface area contributed by atoms with E-state index in [1.807, 2.05) is 0 Å². The molecule has 1 saturated carbocycles. The molecule has 160 valence electrons. The minimum Gasteiger partial charge on any atom is -0.452 e. The summed E-state index contributed by atoms with van der Waals surface area (Å²) < 4.78 is 32.5. The van der Waals surface area contributed by atoms with E-state index in [0.29, 0.717) is 19.0 Å². The lowest BCUT2D eigenvalue weighted by Gasteiger charge is -2.29. The third-order valence-electron chi connectivity index (χ3n) is 5.83. The molecule has 1 heterocycles. The van der Waals surface area contributed by atoms with Crippen LogP contribution in [0.15, 0.2) is 29.2 Å². The Morgan fingerprint density at radius 1 is 1.07 bits per heavy atom. The molecular formula is C21H30N2O5S. The molecule has 0 aromatic heterocycles. The zero-order valence-electron chi connectivity index (χ0n) is 16.9. The molecule has 2 aliphatic rings. The van der Waals surface area contributed by atoms with E-state index >= 15 is 0 Å². The first-order valence-electron chi connectivity index (χ1n) is 10.5. The minimum atomic E-state index is -3.77. The van der Waals surface area contributed by atoms with E-state index in [-0.39, 0.29) is 22.4 Å². The van der Waals surface area contributed by atoms with Gasteiger partial charge in [-0.3, -0.25) is 4.79 Å². The second-order valence-corrected chi connectivity index (χ2v) is 9.88. The van der Waals surface area contributed by atoms with Crippen molar-refractivity contribution in [2.24, 2.45) is 5.92 Å². The van der Waals surface area contributed by atoms with Gasteiger partial charge in [0.15, 0.2) is 6.61 Å². The van der Waals surface area contributed by atoms with Crippen LogP contribution < -0.4 is 5.32 Å². The molecule has 2 atom stereocenters. The van der Waals surface area contributed by atoms with Crippen molar-refractivity contribution in [2.45, 2.75) is 62.8 Å². The van der Waals surface area contributed by atoms with Crippen LogP contribution in [0.25, 0.3) is 0 Å². The average molecular weight is 423 g/mol. The summed E-state index contributed by atoms with van der Waals surface area (Å²) in [6, 6.07) is 6.13. The van der Waals surface area contributed by atoms with Crippen molar-refractivity contribution in [3.05, 3.63) is 29.8 Å². The lowest BCUT2D eigenvalue weighted by atomic mass is 9.86. The van der Waals surface area contributed by atoms with Gasteiger partial charge in [0, 0.05) is 19.1 Å². The number of hydrogen-bond acceptors (Lipinski definition) is 5. The first-order chi connectivity index (χ1) is 13.9. The van der Waals surface area contributed by atoms with Gasteiger partial charge in [-0.15, -0.1) is 0 Å². The molecule has 0 bridgehead atoms. The van der Waals surface area contributed by atoms with Gasteiger partial charge in [0.2, 0.25) is 10.0 Å². The molecule has 1 aliphatic heterocycles. The number of rotatable bonds is 6. The summed E-state index contributed by atoms with van der Waals surface area (Å²) in [6.45, 7) is 2.60. The molecule has 0 radical (unpaired) electrons. The fourth-order valence-electron chi connectivity index (χ4n) is 4.09. The number of amides is 1. The van der Waals surface area contributed by atoms with E-state index in [9.17, 15) is 18.0 Å². The van der Waals surface area contributed by atoms with Gasteiger partial charge in [-0.1, -0.05) is 38.3 Å². The highest BCUT2D eigenvalue weighted by atomic mass is 32.2. The van der Waals surface area contributed by atoms with E-state index in [2.05, 4.69) is 12.2 Å². The van der Waals surface area contributed by atoms with Gasteiger partial charge < -0.3 is 10.1 Å². The fraction of sp³-hybridized carbons (Fsp3) is 0.619. The number of carbonyl (C=O) groups is 2. The summed E-state index contributed by atoms with van der Waals surface area (Å²) in [6.07, 6.45) is 6.88. The van der Waals surface area contributed by atoms with E-state index in [4.69, 9.17) is 4.74 Å². The van der Waals surface area contributed by atoms with Gasteiger partial charge in [-0.05, 0) is 43.7 Å². The molecule has 0 spiro atoms. The molecule has 1 aromatic carbocycles. The summed E-state index contributed by atoms with van der Waals surface area (Å²) in [7, 11) is -3.77. The molecule has 7 nitrogen and oxygen atoms in total. The van der Waals surface area contributed by atoms with Crippen LogP contribution in [0.1, 0.15) is 62.2 Å². The molecule has 29 heavy (non-hydrogen) atoms. The topological polar surface area (TPSA) is 92.8 Å². The van der Waals surface area contributed by atoms with Crippen LogP contribution in [0, 0.1) is 5.92 Å². The first kappa shape index (κ1) is 21.8. The number of piperidine rings is 1. The summed E-state index contributed by atoms with van der Waals surface area (Å²) in [5.41, 5.74) is -0.0306. The van der Waals surface area contributed by atoms with Crippen molar-refractivity contribution in [1.29, 1.82) is 0 Å². The van der Waals surface area contributed by atoms with Gasteiger partial charge in [0.1, 0.15) is 0 Å². The molecule has 1 aromatic rings. The maximum Gasteiger partial charge on any atom is 0.340 e. The first-order valence-corrected chi connectivity index (χ1v) is 11.9. The fourth-order valence-corrected chi connectivity index (χ4v) is 5.79. The van der Waals surface area contributed by atoms with Gasteiger partial charge in [0.05, 0.1) is 10.5 Å². The minimum absolute atomic E-state index is 0.0306. The van der Waals surface area contributed by atoms with Crippen LogP contribution in [-0.4, -0.2) is 50.3 Å². The Balaban J connectivity index is 1.64. The summed E-state index contributed by atoms with van der Waals surface area (Å²) >= 11 is 0. The third kappa shape index (κ3) is 5.36. The standard InChI is InChI=1S/C21H30N2O5S/c1-16-9-3-5-11-18(16)22-20(24)15-28-21(25)17-10-4-6-12-19(17)29(26,27)23-13-7-2-8-14-23/h4,6,10,12,16,18H,2-3,5,7-9,11,13-15H2,1H3,(H,22,24)/t16-,18-/m0/s1. The quantitative estimate of drug-likeness (QED) is 0.712. The SMILES string of the molecule is C[C@H]1CCCC[C@@H]1NC(=O)COC(=O)c1ccccc1S(=O)(=O)N1CCCCC1. The highest BCUT2D eigenvalue weighted by Crippen LogP contribution is 2.25. The van der Waals surface area contributed by atoms with E-state index < -0.39 is 22.6 Å². The van der Waals surface area contributed by atoms with Crippen LogP contribution in [0.5, 0.6) is 0 Å². The second-order valence-electron chi connectivity index (χ2n) is 7.97. The highest BCUT2D eigenvalue weighted by molar-refractivity contribution is 7.89. The highest BCUT2D eigenvalue weighted by Gasteiger charge is 2.30. The molecular weight excluding hydrogens is 392 g/mol. The zero-order chi connectivity index (χ0) is 20.9. The Morgan fingerprint density at radius 2 is 1.76 bits per heavy atom. The number of sulfonamides is 1. The summed E-state index contributed by atoms with van der Waals surface area (Å²) in [5.74, 6) is -0.750. The smallest absolute Gasteiger partial charge is 0.340 e. The lowest BCUT2D eigenvalue weighted by Crippen LogP contribution is -2.43. The van der Waals surface area contributed by atoms with Crippen LogP contribution in [0.4, 0.5) is 0 Å². The monoisotopic (exact) mass is 422 g/mol. The molecule has 0 unspecified atom stereocenters. The Labute approximate surface area is 172 Å². The Hall–Kier alpha value is -1.93. The Bertz CT molecular complexity index is 833. The number of hydrogen-bond donors (Lipinski definition) is 1. The lowest BCUT2D eigenvalue weighted by molar-refractivity contribution is -0.125. The van der Waals surface area contributed by atoms with Gasteiger partial charge in [0.25, 0.3) is 5.91 Å². The number of nitrogens with zero attached hydrogens (tertiary/aromatic N) is 1. The maximum atomic E-state index is 13.0. The molecule has 1 saturated heterocycles. The number of carbonyl (C=O) groups excluding carboxylic acids is 2. The number of ether oxygens (including phenoxy) is 1. The third-order valence-corrected chi connectivity index (χ3v) is 7.79. The van der Waals surface area contributed by atoms with Crippen molar-refractivity contribution >= 4 is 21.9 Å². The molecule has 1 amide bonds. The number of esters is 1. The predicted octanol–water partition coefficient (Wildman–Crippen LogP) is 2.71. The van der Waals surface area contributed by atoms with Crippen LogP contribution >= 0.6 is 0 Å². The van der Waals surface area contributed by atoms with E-state index in [1.165, 1.54) is 22.9 Å². The maximum absolute atomic E-state index is 13.0. The number of benzene rings is 1. The molecule has 8 heteroatoms. The largest absolute Gasteiger partial charge is 0.452 e. The van der Waals surface area contributed by atoms with E-state index in [1.54, 1.807) is 12.1 Å². The van der Waals surface area contributed by atoms with E-state index in [0.717, 1.165) is 38.5 Å². The van der Waals surface area contributed by atoms with Gasteiger partial charge in [-0.2, -0.15) is 4.31 Å². The number of nitrogens with one attached hydrogen (secondary N) is 1. The van der Waals surface area contributed by atoms with Crippen molar-refractivity contribution in [1.82, 2.24) is 9.62 Å². The second kappa shape index (κ2) is 9.71. The van der Waals surface area contributed by atoms with Crippen molar-refractivity contribution in [3.63, 3.8) is 0 Å². The zero-order valence-corrected chi connectivity index (χ0v) is 17.7. The predicted molar refractivity (Wildman–Crippen MR) is 109 cm³/mol. The Morgan fingerprint density at radius 3 is 2.48 bits per heavy atom. The van der Waals surface area contributed by atoms with Crippen LogP contribution in [-0.2, 0) is 19.6 Å².